The van der Waals surface area contributed by atoms with E-state index in [-0.39, 0.29) is 5.91 Å². The minimum absolute atomic E-state index is 0.313. The van der Waals surface area contributed by atoms with E-state index in [2.05, 4.69) is 26.5 Å². The Morgan fingerprint density at radius 1 is 1.26 bits per heavy atom. The number of benzene rings is 1. The van der Waals surface area contributed by atoms with E-state index in [1.165, 1.54) is 12.3 Å². The minimum atomic E-state index is -0.388. The van der Waals surface area contributed by atoms with Gasteiger partial charge in [0.25, 0.3) is 5.91 Å². The van der Waals surface area contributed by atoms with E-state index in [1.807, 2.05) is 0 Å². The van der Waals surface area contributed by atoms with Crippen LogP contribution >= 0.6 is 39.1 Å². The summed E-state index contributed by atoms with van der Waals surface area (Å²) in [5.41, 5.74) is 2.72. The van der Waals surface area contributed by atoms with Gasteiger partial charge >= 0.3 is 0 Å². The summed E-state index contributed by atoms with van der Waals surface area (Å²) in [6.07, 6.45) is 1.39. The molecule has 0 saturated carbocycles. The number of nitrogens with one attached hydrogen (secondary N) is 1. The highest BCUT2D eigenvalue weighted by Crippen LogP contribution is 2.22. The first-order valence-electron chi connectivity index (χ1n) is 5.10. The number of halogens is 3. The molecule has 2 rings (SSSR count). The lowest BCUT2D eigenvalue weighted by Gasteiger charge is -2.01. The molecule has 0 fully saturated rings. The topological polar surface area (TPSA) is 54.6 Å². The Labute approximate surface area is 127 Å². The van der Waals surface area contributed by atoms with Crippen LogP contribution in [0.25, 0.3) is 0 Å². The molecule has 4 nitrogen and oxygen atoms in total. The lowest BCUT2D eigenvalue weighted by atomic mass is 10.2. The predicted molar refractivity (Wildman–Crippen MR) is 77.9 cm³/mol. The fraction of sp³-hybridized carbons (Fsp3) is 0. The van der Waals surface area contributed by atoms with Crippen molar-refractivity contribution in [3.8, 4) is 0 Å². The van der Waals surface area contributed by atoms with E-state index in [0.717, 1.165) is 0 Å². The molecule has 1 heterocycles. The molecule has 0 aliphatic heterocycles. The number of hydrazone groups is 1. The number of furan rings is 1. The number of amides is 1. The van der Waals surface area contributed by atoms with Gasteiger partial charge in [0.1, 0.15) is 5.76 Å². The molecule has 0 radical (unpaired) electrons. The molecule has 1 aromatic heterocycles. The maximum atomic E-state index is 11.7. The zero-order valence-corrected chi connectivity index (χ0v) is 12.5. The highest BCUT2D eigenvalue weighted by molar-refractivity contribution is 9.10. The monoisotopic (exact) mass is 360 g/mol. The van der Waals surface area contributed by atoms with Crippen molar-refractivity contribution < 1.29 is 9.21 Å². The predicted octanol–water partition coefficient (Wildman–Crippen LogP) is 4.11. The van der Waals surface area contributed by atoms with Gasteiger partial charge in [0.2, 0.25) is 0 Å². The summed E-state index contributed by atoms with van der Waals surface area (Å²) in [6, 6.07) is 8.01. The van der Waals surface area contributed by atoms with Gasteiger partial charge in [-0.25, -0.2) is 5.43 Å². The second kappa shape index (κ2) is 6.23. The lowest BCUT2D eigenvalue weighted by molar-refractivity contribution is 0.0955. The van der Waals surface area contributed by atoms with Crippen LogP contribution in [0.1, 0.15) is 16.1 Å². The van der Waals surface area contributed by atoms with Crippen LogP contribution in [-0.2, 0) is 0 Å². The molecule has 0 atom stereocenters. The van der Waals surface area contributed by atoms with E-state index in [1.54, 1.807) is 24.3 Å². The zero-order valence-electron chi connectivity index (χ0n) is 9.36. The third-order valence-corrected chi connectivity index (χ3v) is 3.30. The van der Waals surface area contributed by atoms with Crippen LogP contribution in [0.15, 0.2) is 44.5 Å². The van der Waals surface area contributed by atoms with Crippen LogP contribution in [0.3, 0.4) is 0 Å². The van der Waals surface area contributed by atoms with Gasteiger partial charge in [0.15, 0.2) is 4.67 Å². The number of carbonyl (C=O) groups is 1. The summed E-state index contributed by atoms with van der Waals surface area (Å²) in [4.78, 5) is 11.7. The average molecular weight is 362 g/mol. The molecule has 0 unspecified atom stereocenters. The Bertz CT molecular complexity index is 640. The van der Waals surface area contributed by atoms with Gasteiger partial charge in [-0.05, 0) is 46.3 Å². The first-order valence-corrected chi connectivity index (χ1v) is 6.65. The molecule has 19 heavy (non-hydrogen) atoms. The van der Waals surface area contributed by atoms with Crippen molar-refractivity contribution in [2.75, 3.05) is 0 Å². The molecule has 2 aromatic rings. The molecule has 0 aliphatic rings. The molecular weight excluding hydrogens is 355 g/mol. The van der Waals surface area contributed by atoms with Crippen molar-refractivity contribution in [1.29, 1.82) is 0 Å². The summed E-state index contributed by atoms with van der Waals surface area (Å²) in [5.74, 6) is 0.127. The summed E-state index contributed by atoms with van der Waals surface area (Å²) >= 11 is 14.7. The van der Waals surface area contributed by atoms with Crippen molar-refractivity contribution in [3.05, 3.63) is 56.4 Å². The van der Waals surface area contributed by atoms with Crippen LogP contribution in [-0.4, -0.2) is 12.1 Å². The van der Waals surface area contributed by atoms with Gasteiger partial charge in [-0.15, -0.1) is 0 Å². The number of hydrogen-bond donors (Lipinski definition) is 1. The fourth-order valence-corrected chi connectivity index (χ4v) is 1.87. The molecule has 1 aromatic carbocycles. The lowest BCUT2D eigenvalue weighted by Crippen LogP contribution is -2.17. The zero-order chi connectivity index (χ0) is 13.8. The van der Waals surface area contributed by atoms with Gasteiger partial charge in [0.05, 0.1) is 16.3 Å². The first kappa shape index (κ1) is 14.1. The average Bonchev–Trinajstić information content (AvgIpc) is 2.78. The standard InChI is InChI=1S/C12H7BrCl2N2O2/c13-11-4-2-8(19-11)6-16-17-12(18)7-1-3-9(14)10(15)5-7/h1-6H,(H,17,18)/b16-6-. The molecule has 1 N–H and O–H groups in total. The Morgan fingerprint density at radius 2 is 2.05 bits per heavy atom. The van der Waals surface area contributed by atoms with Crippen molar-refractivity contribution in [1.82, 2.24) is 5.43 Å². The third-order valence-electron chi connectivity index (χ3n) is 2.13. The van der Waals surface area contributed by atoms with Crippen LogP contribution in [0.2, 0.25) is 10.0 Å². The van der Waals surface area contributed by atoms with Crippen LogP contribution in [0, 0.1) is 0 Å². The summed E-state index contributed by atoms with van der Waals surface area (Å²) in [5, 5.41) is 4.47. The van der Waals surface area contributed by atoms with E-state index in [0.29, 0.717) is 26.0 Å². The van der Waals surface area contributed by atoms with Crippen molar-refractivity contribution in [3.63, 3.8) is 0 Å². The Balaban J connectivity index is 2.01. The number of rotatable bonds is 3. The Hall–Kier alpha value is -1.30. The van der Waals surface area contributed by atoms with Gasteiger partial charge in [-0.3, -0.25) is 4.79 Å². The van der Waals surface area contributed by atoms with E-state index < -0.39 is 0 Å². The maximum absolute atomic E-state index is 11.7. The van der Waals surface area contributed by atoms with Crippen molar-refractivity contribution in [2.45, 2.75) is 0 Å². The number of nitrogens with zero attached hydrogens (tertiary/aromatic N) is 1. The highest BCUT2D eigenvalue weighted by Gasteiger charge is 2.06. The maximum Gasteiger partial charge on any atom is 0.271 e. The molecule has 7 heteroatoms. The quantitative estimate of drug-likeness (QED) is 0.660. The summed E-state index contributed by atoms with van der Waals surface area (Å²) in [6.45, 7) is 0. The van der Waals surface area contributed by atoms with E-state index >= 15 is 0 Å². The smallest absolute Gasteiger partial charge is 0.271 e. The van der Waals surface area contributed by atoms with Gasteiger partial charge in [0, 0.05) is 5.56 Å². The first-order chi connectivity index (χ1) is 9.06. The molecule has 0 bridgehead atoms. The Morgan fingerprint density at radius 3 is 2.68 bits per heavy atom. The van der Waals surface area contributed by atoms with Gasteiger partial charge in [-0.1, -0.05) is 23.2 Å². The second-order valence-corrected chi connectivity index (χ2v) is 5.07. The van der Waals surface area contributed by atoms with Crippen molar-refractivity contribution in [2.24, 2.45) is 5.10 Å². The van der Waals surface area contributed by atoms with Crippen LogP contribution in [0.5, 0.6) is 0 Å². The molecule has 98 valence electrons. The number of carbonyl (C=O) groups excluding carboxylic acids is 1. The Kier molecular flexibility index (Phi) is 4.63. The SMILES string of the molecule is O=C(N/N=C\c1ccc(Br)o1)c1ccc(Cl)c(Cl)c1. The largest absolute Gasteiger partial charge is 0.448 e. The molecule has 1 amide bonds. The minimum Gasteiger partial charge on any atom is -0.448 e. The normalized spacial score (nSPS) is 10.9. The van der Waals surface area contributed by atoms with Gasteiger partial charge < -0.3 is 4.42 Å². The molecular formula is C12H7BrCl2N2O2. The molecule has 0 spiro atoms. The summed E-state index contributed by atoms with van der Waals surface area (Å²) < 4.78 is 5.77. The van der Waals surface area contributed by atoms with Crippen LogP contribution < -0.4 is 5.43 Å². The van der Waals surface area contributed by atoms with Crippen molar-refractivity contribution >= 4 is 51.3 Å². The summed E-state index contributed by atoms with van der Waals surface area (Å²) in [7, 11) is 0. The molecule has 0 saturated heterocycles. The van der Waals surface area contributed by atoms with E-state index in [9.17, 15) is 4.79 Å². The fourth-order valence-electron chi connectivity index (χ4n) is 1.25. The third kappa shape index (κ3) is 3.83. The van der Waals surface area contributed by atoms with E-state index in [4.69, 9.17) is 27.6 Å². The van der Waals surface area contributed by atoms with Gasteiger partial charge in [-0.2, -0.15) is 5.10 Å². The molecule has 0 aliphatic carbocycles. The number of hydrogen-bond acceptors (Lipinski definition) is 3. The second-order valence-electron chi connectivity index (χ2n) is 3.47. The van der Waals surface area contributed by atoms with Crippen LogP contribution in [0.4, 0.5) is 0 Å². The highest BCUT2D eigenvalue weighted by atomic mass is 79.9.